The fourth-order valence-electron chi connectivity index (χ4n) is 1.89. The van der Waals surface area contributed by atoms with Crippen molar-refractivity contribution >= 4 is 5.82 Å². The molecule has 4 nitrogen and oxygen atoms in total. The molecule has 0 aromatic carbocycles. The van der Waals surface area contributed by atoms with E-state index < -0.39 is 0 Å². The highest BCUT2D eigenvalue weighted by Crippen LogP contribution is 2.22. The summed E-state index contributed by atoms with van der Waals surface area (Å²) >= 11 is 0. The van der Waals surface area contributed by atoms with Gasteiger partial charge in [0, 0.05) is 24.8 Å². The maximum Gasteiger partial charge on any atom is 0.132 e. The van der Waals surface area contributed by atoms with E-state index in [1.165, 1.54) is 0 Å². The van der Waals surface area contributed by atoms with Crippen LogP contribution in [-0.4, -0.2) is 28.6 Å². The molecule has 1 aromatic rings. The van der Waals surface area contributed by atoms with Gasteiger partial charge in [0.1, 0.15) is 11.6 Å². The molecule has 0 bridgehead atoms. The van der Waals surface area contributed by atoms with Gasteiger partial charge in [0.15, 0.2) is 0 Å². The molecule has 1 saturated heterocycles. The topological polar surface area (TPSA) is 55.0 Å². The quantitative estimate of drug-likeness (QED) is 0.712. The minimum atomic E-state index is 0.269. The van der Waals surface area contributed by atoms with E-state index in [4.69, 9.17) is 5.73 Å². The molecule has 0 radical (unpaired) electrons. The Morgan fingerprint density at radius 3 is 2.93 bits per heavy atom. The lowest BCUT2D eigenvalue weighted by Crippen LogP contribution is -2.37. The zero-order valence-electron chi connectivity index (χ0n) is 8.64. The van der Waals surface area contributed by atoms with Gasteiger partial charge in [-0.15, -0.1) is 0 Å². The van der Waals surface area contributed by atoms with E-state index in [9.17, 15) is 0 Å². The second-order valence-electron chi connectivity index (χ2n) is 3.85. The van der Waals surface area contributed by atoms with Crippen molar-refractivity contribution in [1.82, 2.24) is 9.97 Å². The highest BCUT2D eigenvalue weighted by Gasteiger charge is 2.28. The average molecular weight is 192 g/mol. The van der Waals surface area contributed by atoms with Crippen LogP contribution in [-0.2, 0) is 0 Å². The lowest BCUT2D eigenvalue weighted by Gasteiger charge is -2.24. The van der Waals surface area contributed by atoms with Crippen LogP contribution >= 0.6 is 0 Å². The van der Waals surface area contributed by atoms with Crippen LogP contribution < -0.4 is 10.6 Å². The van der Waals surface area contributed by atoms with Crippen LogP contribution in [0.15, 0.2) is 12.3 Å². The third kappa shape index (κ3) is 1.57. The van der Waals surface area contributed by atoms with Crippen molar-refractivity contribution in [2.75, 3.05) is 11.4 Å². The normalized spacial score (nSPS) is 26.9. The van der Waals surface area contributed by atoms with Crippen molar-refractivity contribution in [3.63, 3.8) is 0 Å². The van der Waals surface area contributed by atoms with Gasteiger partial charge >= 0.3 is 0 Å². The third-order valence-corrected chi connectivity index (χ3v) is 2.87. The molecule has 1 fully saturated rings. The molecule has 0 saturated carbocycles. The first-order chi connectivity index (χ1) is 6.68. The number of aryl methyl sites for hydroxylation is 1. The highest BCUT2D eigenvalue weighted by atomic mass is 15.3. The molecular weight excluding hydrogens is 176 g/mol. The van der Waals surface area contributed by atoms with E-state index in [1.54, 1.807) is 6.20 Å². The molecule has 0 aliphatic carbocycles. The van der Waals surface area contributed by atoms with E-state index in [-0.39, 0.29) is 6.04 Å². The Labute approximate surface area is 84.2 Å². The van der Waals surface area contributed by atoms with Crippen molar-refractivity contribution in [1.29, 1.82) is 0 Å². The van der Waals surface area contributed by atoms with E-state index in [2.05, 4.69) is 21.8 Å². The minimum Gasteiger partial charge on any atom is -0.352 e. The summed E-state index contributed by atoms with van der Waals surface area (Å²) in [6, 6.07) is 2.59. The molecule has 76 valence electrons. The van der Waals surface area contributed by atoms with Gasteiger partial charge < -0.3 is 10.6 Å². The maximum absolute atomic E-state index is 5.96. The number of hydrogen-bond donors (Lipinski definition) is 1. The molecule has 0 spiro atoms. The van der Waals surface area contributed by atoms with E-state index in [0.717, 1.165) is 24.6 Å². The van der Waals surface area contributed by atoms with Gasteiger partial charge in [-0.25, -0.2) is 9.97 Å². The maximum atomic E-state index is 5.96. The molecule has 14 heavy (non-hydrogen) atoms. The Hall–Kier alpha value is -1.16. The van der Waals surface area contributed by atoms with Gasteiger partial charge in [0.25, 0.3) is 0 Å². The second kappa shape index (κ2) is 3.53. The molecule has 2 atom stereocenters. The van der Waals surface area contributed by atoms with Gasteiger partial charge in [0.2, 0.25) is 0 Å². The van der Waals surface area contributed by atoms with Crippen LogP contribution in [0.3, 0.4) is 0 Å². The summed E-state index contributed by atoms with van der Waals surface area (Å²) in [5, 5.41) is 0. The van der Waals surface area contributed by atoms with Crippen LogP contribution in [0.5, 0.6) is 0 Å². The largest absolute Gasteiger partial charge is 0.352 e. The molecular formula is C10H16N4. The van der Waals surface area contributed by atoms with Crippen molar-refractivity contribution in [3.8, 4) is 0 Å². The summed E-state index contributed by atoms with van der Waals surface area (Å²) in [6.45, 7) is 5.05. The van der Waals surface area contributed by atoms with Crippen molar-refractivity contribution in [3.05, 3.63) is 18.1 Å². The molecule has 2 rings (SSSR count). The van der Waals surface area contributed by atoms with E-state index >= 15 is 0 Å². The number of rotatable bonds is 1. The summed E-state index contributed by atoms with van der Waals surface area (Å²) in [5.74, 6) is 1.81. The molecule has 2 N–H and O–H groups in total. The Morgan fingerprint density at radius 1 is 1.57 bits per heavy atom. The molecule has 4 heteroatoms. The summed E-state index contributed by atoms with van der Waals surface area (Å²) in [4.78, 5) is 10.7. The van der Waals surface area contributed by atoms with Gasteiger partial charge in [-0.1, -0.05) is 0 Å². The van der Waals surface area contributed by atoms with Crippen LogP contribution in [0.1, 0.15) is 19.2 Å². The van der Waals surface area contributed by atoms with E-state index in [1.807, 2.05) is 13.0 Å². The van der Waals surface area contributed by atoms with Crippen molar-refractivity contribution in [2.45, 2.75) is 32.4 Å². The zero-order chi connectivity index (χ0) is 10.1. The molecule has 2 unspecified atom stereocenters. The summed E-state index contributed by atoms with van der Waals surface area (Å²) in [7, 11) is 0. The molecule has 1 aliphatic heterocycles. The minimum absolute atomic E-state index is 0.269. The summed E-state index contributed by atoms with van der Waals surface area (Å²) < 4.78 is 0. The smallest absolute Gasteiger partial charge is 0.132 e. The number of nitrogens with zero attached hydrogens (tertiary/aromatic N) is 3. The lowest BCUT2D eigenvalue weighted by atomic mass is 10.2. The average Bonchev–Trinajstić information content (AvgIpc) is 2.48. The van der Waals surface area contributed by atoms with Gasteiger partial charge in [0.05, 0.1) is 0 Å². The van der Waals surface area contributed by atoms with Crippen molar-refractivity contribution in [2.24, 2.45) is 5.73 Å². The zero-order valence-corrected chi connectivity index (χ0v) is 8.64. The second-order valence-corrected chi connectivity index (χ2v) is 3.85. The molecule has 1 aliphatic rings. The predicted molar refractivity (Wildman–Crippen MR) is 56.2 cm³/mol. The third-order valence-electron chi connectivity index (χ3n) is 2.87. The molecule has 1 aromatic heterocycles. The monoisotopic (exact) mass is 192 g/mol. The van der Waals surface area contributed by atoms with Crippen LogP contribution in [0, 0.1) is 6.92 Å². The first-order valence-corrected chi connectivity index (χ1v) is 5.00. The SMILES string of the molecule is Cc1nccc(N2CCC(N)C2C)n1. The fourth-order valence-corrected chi connectivity index (χ4v) is 1.89. The fraction of sp³-hybridized carbons (Fsp3) is 0.600. The van der Waals surface area contributed by atoms with Crippen LogP contribution in [0.2, 0.25) is 0 Å². The summed E-state index contributed by atoms with van der Waals surface area (Å²) in [5.41, 5.74) is 5.96. The number of hydrogen-bond acceptors (Lipinski definition) is 4. The lowest BCUT2D eigenvalue weighted by molar-refractivity contribution is 0.621. The Balaban J connectivity index is 2.23. The standard InChI is InChI=1S/C10H16N4/c1-7-9(11)4-6-14(7)10-3-5-12-8(2)13-10/h3,5,7,9H,4,6,11H2,1-2H3. The van der Waals surface area contributed by atoms with Gasteiger partial charge in [-0.05, 0) is 26.3 Å². The Bertz CT molecular complexity index is 326. The number of aromatic nitrogens is 2. The van der Waals surface area contributed by atoms with Gasteiger partial charge in [-0.2, -0.15) is 0 Å². The predicted octanol–water partition coefficient (Wildman–Crippen LogP) is 0.711. The summed E-state index contributed by atoms with van der Waals surface area (Å²) in [6.07, 6.45) is 2.85. The van der Waals surface area contributed by atoms with Crippen molar-refractivity contribution < 1.29 is 0 Å². The molecule has 0 amide bonds. The van der Waals surface area contributed by atoms with E-state index in [0.29, 0.717) is 6.04 Å². The Kier molecular flexibility index (Phi) is 2.37. The first-order valence-electron chi connectivity index (χ1n) is 5.00. The van der Waals surface area contributed by atoms with Crippen LogP contribution in [0.25, 0.3) is 0 Å². The highest BCUT2D eigenvalue weighted by molar-refractivity contribution is 5.40. The van der Waals surface area contributed by atoms with Crippen LogP contribution in [0.4, 0.5) is 5.82 Å². The van der Waals surface area contributed by atoms with Gasteiger partial charge in [-0.3, -0.25) is 0 Å². The number of anilines is 1. The number of nitrogens with two attached hydrogens (primary N) is 1. The first kappa shape index (κ1) is 9.40. The Morgan fingerprint density at radius 2 is 2.36 bits per heavy atom. The molecule has 2 heterocycles.